The number of rotatable bonds is 8. The van der Waals surface area contributed by atoms with Crippen LogP contribution in [0.15, 0.2) is 18.2 Å². The van der Waals surface area contributed by atoms with Crippen LogP contribution in [0.3, 0.4) is 0 Å². The number of halogens is 1. The second-order valence-corrected chi connectivity index (χ2v) is 5.60. The normalized spacial score (nSPS) is 12.7. The van der Waals surface area contributed by atoms with Crippen molar-refractivity contribution < 1.29 is 0 Å². The van der Waals surface area contributed by atoms with Gasteiger partial charge < -0.3 is 5.73 Å². The predicted molar refractivity (Wildman–Crippen MR) is 81.1 cm³/mol. The molecule has 0 amide bonds. The van der Waals surface area contributed by atoms with Crippen molar-refractivity contribution in [3.63, 3.8) is 0 Å². The van der Waals surface area contributed by atoms with Gasteiger partial charge in [-0.25, -0.2) is 0 Å². The first-order chi connectivity index (χ1) is 8.65. The first kappa shape index (κ1) is 15.5. The molecule has 0 heterocycles. The fourth-order valence-electron chi connectivity index (χ4n) is 2.31. The maximum Gasteiger partial charge on any atom is 0.0409 e. The molecule has 18 heavy (non-hydrogen) atoms. The number of hydrogen-bond acceptors (Lipinski definition) is 1. The van der Waals surface area contributed by atoms with Crippen molar-refractivity contribution in [3.05, 3.63) is 34.3 Å². The molecule has 1 aromatic rings. The highest BCUT2D eigenvalue weighted by Gasteiger charge is 2.09. The number of benzene rings is 1. The molecular formula is C16H26ClN. The first-order valence-electron chi connectivity index (χ1n) is 7.16. The average Bonchev–Trinajstić information content (AvgIpc) is 2.36. The van der Waals surface area contributed by atoms with E-state index in [1.165, 1.54) is 49.7 Å². The van der Waals surface area contributed by atoms with E-state index in [4.69, 9.17) is 17.3 Å². The van der Waals surface area contributed by atoms with Gasteiger partial charge in [-0.3, -0.25) is 0 Å². The number of aryl methyl sites for hydroxylation is 1. The molecule has 2 heteroatoms. The van der Waals surface area contributed by atoms with Gasteiger partial charge in [-0.15, -0.1) is 0 Å². The van der Waals surface area contributed by atoms with E-state index in [0.717, 1.165) is 11.4 Å². The molecule has 0 aliphatic heterocycles. The summed E-state index contributed by atoms with van der Waals surface area (Å²) < 4.78 is 0. The summed E-state index contributed by atoms with van der Waals surface area (Å²) in [6, 6.07) is 6.13. The van der Waals surface area contributed by atoms with Gasteiger partial charge in [-0.2, -0.15) is 0 Å². The Morgan fingerprint density at radius 3 is 2.50 bits per heavy atom. The van der Waals surface area contributed by atoms with Gasteiger partial charge in [0.05, 0.1) is 0 Å². The summed E-state index contributed by atoms with van der Waals surface area (Å²) in [5, 5.41) is 0.786. The van der Waals surface area contributed by atoms with Gasteiger partial charge in [0, 0.05) is 11.1 Å². The van der Waals surface area contributed by atoms with E-state index in [2.05, 4.69) is 19.9 Å². The summed E-state index contributed by atoms with van der Waals surface area (Å²) >= 11 is 6.02. The largest absolute Gasteiger partial charge is 0.324 e. The minimum atomic E-state index is 0.134. The molecule has 0 aliphatic rings. The Bertz CT molecular complexity index is 349. The van der Waals surface area contributed by atoms with Crippen LogP contribution in [0, 0.1) is 6.92 Å². The molecule has 1 atom stereocenters. The van der Waals surface area contributed by atoms with E-state index < -0.39 is 0 Å². The quantitative estimate of drug-likeness (QED) is 0.627. The van der Waals surface area contributed by atoms with Crippen molar-refractivity contribution in [1.29, 1.82) is 0 Å². The Morgan fingerprint density at radius 2 is 1.78 bits per heavy atom. The van der Waals surface area contributed by atoms with Crippen LogP contribution < -0.4 is 5.73 Å². The Morgan fingerprint density at radius 1 is 1.11 bits per heavy atom. The maximum absolute atomic E-state index is 6.25. The molecule has 1 rings (SSSR count). The van der Waals surface area contributed by atoms with Gasteiger partial charge in [0.1, 0.15) is 0 Å². The standard InChI is InChI=1S/C16H26ClN/c1-3-4-5-6-7-8-9-16(18)15-12-14(17)11-10-13(15)2/h10-12,16H,3-9,18H2,1-2H3. The molecule has 0 saturated carbocycles. The Kier molecular flexibility index (Phi) is 7.38. The van der Waals surface area contributed by atoms with Crippen LogP contribution in [0.4, 0.5) is 0 Å². The topological polar surface area (TPSA) is 26.0 Å². The van der Waals surface area contributed by atoms with Crippen LogP contribution in [0.25, 0.3) is 0 Å². The smallest absolute Gasteiger partial charge is 0.0409 e. The molecule has 0 saturated heterocycles. The minimum Gasteiger partial charge on any atom is -0.324 e. The lowest BCUT2D eigenvalue weighted by atomic mass is 9.97. The molecular weight excluding hydrogens is 242 g/mol. The predicted octanol–water partition coefficient (Wildman–Crippen LogP) is 5.40. The monoisotopic (exact) mass is 267 g/mol. The van der Waals surface area contributed by atoms with E-state index in [0.29, 0.717) is 0 Å². The minimum absolute atomic E-state index is 0.134. The summed E-state index contributed by atoms with van der Waals surface area (Å²) in [5.74, 6) is 0. The zero-order valence-electron chi connectivity index (χ0n) is 11.7. The summed E-state index contributed by atoms with van der Waals surface area (Å²) in [4.78, 5) is 0. The highest BCUT2D eigenvalue weighted by atomic mass is 35.5. The van der Waals surface area contributed by atoms with Crippen molar-refractivity contribution in [2.45, 2.75) is 64.8 Å². The van der Waals surface area contributed by atoms with Crippen molar-refractivity contribution >= 4 is 11.6 Å². The Labute approximate surface area is 117 Å². The molecule has 1 nitrogen and oxygen atoms in total. The van der Waals surface area contributed by atoms with Crippen LogP contribution in [0.1, 0.15) is 69.0 Å². The van der Waals surface area contributed by atoms with Crippen molar-refractivity contribution in [3.8, 4) is 0 Å². The number of unbranched alkanes of at least 4 members (excludes halogenated alkanes) is 5. The van der Waals surface area contributed by atoms with Gasteiger partial charge in [0.2, 0.25) is 0 Å². The third-order valence-corrected chi connectivity index (χ3v) is 3.74. The fourth-order valence-corrected chi connectivity index (χ4v) is 2.49. The van der Waals surface area contributed by atoms with Gasteiger partial charge in [0.25, 0.3) is 0 Å². The molecule has 2 N–H and O–H groups in total. The van der Waals surface area contributed by atoms with E-state index in [1.807, 2.05) is 12.1 Å². The zero-order chi connectivity index (χ0) is 13.4. The lowest BCUT2D eigenvalue weighted by molar-refractivity contribution is 0.546. The van der Waals surface area contributed by atoms with Crippen molar-refractivity contribution in [2.75, 3.05) is 0 Å². The number of hydrogen-bond donors (Lipinski definition) is 1. The van der Waals surface area contributed by atoms with Gasteiger partial charge in [-0.1, -0.05) is 63.1 Å². The molecule has 1 unspecified atom stereocenters. The SMILES string of the molecule is CCCCCCCCC(N)c1cc(Cl)ccc1C. The van der Waals surface area contributed by atoms with Gasteiger partial charge in [0.15, 0.2) is 0 Å². The zero-order valence-corrected chi connectivity index (χ0v) is 12.5. The van der Waals surface area contributed by atoms with Crippen LogP contribution in [-0.4, -0.2) is 0 Å². The fraction of sp³-hybridized carbons (Fsp3) is 0.625. The molecule has 102 valence electrons. The second kappa shape index (κ2) is 8.55. The Hall–Kier alpha value is -0.530. The third kappa shape index (κ3) is 5.41. The molecule has 0 spiro atoms. The van der Waals surface area contributed by atoms with E-state index >= 15 is 0 Å². The van der Waals surface area contributed by atoms with Crippen molar-refractivity contribution in [2.24, 2.45) is 5.73 Å². The van der Waals surface area contributed by atoms with Crippen molar-refractivity contribution in [1.82, 2.24) is 0 Å². The molecule has 0 radical (unpaired) electrons. The lowest BCUT2D eigenvalue weighted by Crippen LogP contribution is -2.11. The van der Waals surface area contributed by atoms with Gasteiger partial charge >= 0.3 is 0 Å². The van der Waals surface area contributed by atoms with Gasteiger partial charge in [-0.05, 0) is 36.6 Å². The Balaban J connectivity index is 2.31. The molecule has 0 bridgehead atoms. The summed E-state index contributed by atoms with van der Waals surface area (Å²) in [6.07, 6.45) is 8.95. The van der Waals surface area contributed by atoms with Crippen LogP contribution >= 0.6 is 11.6 Å². The molecule has 0 aromatic heterocycles. The van der Waals surface area contributed by atoms with E-state index in [-0.39, 0.29) is 6.04 Å². The van der Waals surface area contributed by atoms with Crippen LogP contribution in [0.2, 0.25) is 5.02 Å². The van der Waals surface area contributed by atoms with Crippen LogP contribution in [0.5, 0.6) is 0 Å². The van der Waals surface area contributed by atoms with Crippen LogP contribution in [-0.2, 0) is 0 Å². The van der Waals surface area contributed by atoms with E-state index in [1.54, 1.807) is 0 Å². The second-order valence-electron chi connectivity index (χ2n) is 5.16. The first-order valence-corrected chi connectivity index (χ1v) is 7.54. The maximum atomic E-state index is 6.25. The average molecular weight is 268 g/mol. The molecule has 0 aliphatic carbocycles. The van der Waals surface area contributed by atoms with E-state index in [9.17, 15) is 0 Å². The highest BCUT2D eigenvalue weighted by Crippen LogP contribution is 2.24. The highest BCUT2D eigenvalue weighted by molar-refractivity contribution is 6.30. The summed E-state index contributed by atoms with van der Waals surface area (Å²) in [6.45, 7) is 4.35. The molecule has 0 fully saturated rings. The third-order valence-electron chi connectivity index (χ3n) is 3.51. The molecule has 1 aromatic carbocycles. The lowest BCUT2D eigenvalue weighted by Gasteiger charge is -2.15. The summed E-state index contributed by atoms with van der Waals surface area (Å²) in [5.41, 5.74) is 8.70. The summed E-state index contributed by atoms with van der Waals surface area (Å²) in [7, 11) is 0. The number of nitrogens with two attached hydrogens (primary N) is 1.